The summed E-state index contributed by atoms with van der Waals surface area (Å²) in [6.45, 7) is 4.49. The number of rotatable bonds is 7. The lowest BCUT2D eigenvalue weighted by molar-refractivity contribution is -0.119. The quantitative estimate of drug-likeness (QED) is 0.484. The summed E-state index contributed by atoms with van der Waals surface area (Å²) in [6, 6.07) is 20.3. The lowest BCUT2D eigenvalue weighted by Crippen LogP contribution is -2.35. The van der Waals surface area contributed by atoms with Crippen molar-refractivity contribution in [3.05, 3.63) is 90.5 Å². The van der Waals surface area contributed by atoms with Gasteiger partial charge in [-0.05, 0) is 50.2 Å². The summed E-state index contributed by atoms with van der Waals surface area (Å²) in [4.78, 5) is 36.4. The third-order valence-corrected chi connectivity index (χ3v) is 5.32. The van der Waals surface area contributed by atoms with E-state index in [4.69, 9.17) is 4.98 Å². The summed E-state index contributed by atoms with van der Waals surface area (Å²) in [6.07, 6.45) is 3.14. The second-order valence-electron chi connectivity index (χ2n) is 7.46. The maximum atomic E-state index is 13.3. The molecule has 1 atom stereocenters. The van der Waals surface area contributed by atoms with Crippen molar-refractivity contribution in [3.63, 3.8) is 0 Å². The monoisotopic (exact) mass is 427 g/mol. The molecule has 0 saturated carbocycles. The first-order valence-corrected chi connectivity index (χ1v) is 10.6. The SMILES string of the molecule is CCN(C(=O)Cn1c(C(C)NC(=O)c2cccnc2)nc2ccccc21)c1ccccc1. The van der Waals surface area contributed by atoms with Crippen LogP contribution >= 0.6 is 0 Å². The summed E-state index contributed by atoms with van der Waals surface area (Å²) in [5.74, 6) is 0.338. The molecule has 0 aliphatic carbocycles. The Morgan fingerprint density at radius 2 is 1.78 bits per heavy atom. The van der Waals surface area contributed by atoms with Gasteiger partial charge in [0.1, 0.15) is 12.4 Å². The molecule has 0 saturated heterocycles. The van der Waals surface area contributed by atoms with Crippen molar-refractivity contribution in [2.75, 3.05) is 11.4 Å². The van der Waals surface area contributed by atoms with Crippen LogP contribution in [-0.2, 0) is 11.3 Å². The Morgan fingerprint density at radius 3 is 2.50 bits per heavy atom. The number of nitrogens with zero attached hydrogens (tertiary/aromatic N) is 4. The molecule has 2 aromatic carbocycles. The number of pyridine rings is 1. The number of imidazole rings is 1. The van der Waals surface area contributed by atoms with Gasteiger partial charge in [0.2, 0.25) is 5.91 Å². The van der Waals surface area contributed by atoms with Gasteiger partial charge in [0.25, 0.3) is 5.91 Å². The molecule has 1 N–H and O–H groups in total. The highest BCUT2D eigenvalue weighted by Gasteiger charge is 2.22. The Hall–Kier alpha value is -4.00. The molecule has 0 fully saturated rings. The van der Waals surface area contributed by atoms with Gasteiger partial charge in [0, 0.05) is 24.6 Å². The summed E-state index contributed by atoms with van der Waals surface area (Å²) < 4.78 is 1.89. The average Bonchev–Trinajstić information content (AvgIpc) is 3.19. The first-order valence-electron chi connectivity index (χ1n) is 10.6. The second kappa shape index (κ2) is 9.43. The fourth-order valence-electron chi connectivity index (χ4n) is 3.76. The fraction of sp³-hybridized carbons (Fsp3) is 0.200. The van der Waals surface area contributed by atoms with E-state index in [1.165, 1.54) is 6.20 Å². The van der Waals surface area contributed by atoms with Crippen LogP contribution in [0.2, 0.25) is 0 Å². The number of amides is 2. The number of likely N-dealkylation sites (N-methyl/N-ethyl adjacent to an activating group) is 1. The van der Waals surface area contributed by atoms with Crippen molar-refractivity contribution >= 4 is 28.5 Å². The third-order valence-electron chi connectivity index (χ3n) is 5.32. The van der Waals surface area contributed by atoms with E-state index in [1.807, 2.05) is 73.0 Å². The number of para-hydroxylation sites is 3. The van der Waals surface area contributed by atoms with Crippen LogP contribution in [0, 0.1) is 0 Å². The molecular weight excluding hydrogens is 402 g/mol. The van der Waals surface area contributed by atoms with Gasteiger partial charge in [-0.2, -0.15) is 0 Å². The standard InChI is InChI=1S/C25H25N5O2/c1-3-29(20-11-5-4-6-12-20)23(31)17-30-22-14-8-7-13-21(22)28-24(30)18(2)27-25(32)19-10-9-15-26-16-19/h4-16,18H,3,17H2,1-2H3,(H,27,32). The molecule has 0 aliphatic heterocycles. The van der Waals surface area contributed by atoms with Crippen molar-refractivity contribution in [1.29, 1.82) is 0 Å². The molecule has 2 amide bonds. The fourth-order valence-corrected chi connectivity index (χ4v) is 3.76. The van der Waals surface area contributed by atoms with E-state index in [9.17, 15) is 9.59 Å². The molecule has 0 bridgehead atoms. The number of nitrogens with one attached hydrogen (secondary N) is 1. The molecule has 4 rings (SSSR count). The van der Waals surface area contributed by atoms with Gasteiger partial charge < -0.3 is 14.8 Å². The van der Waals surface area contributed by atoms with Crippen LogP contribution in [0.25, 0.3) is 11.0 Å². The Labute approximate surface area is 186 Å². The summed E-state index contributed by atoms with van der Waals surface area (Å²) in [5.41, 5.74) is 2.95. The molecule has 0 radical (unpaired) electrons. The van der Waals surface area contributed by atoms with Crippen LogP contribution in [0.1, 0.15) is 36.1 Å². The molecule has 7 nitrogen and oxygen atoms in total. The molecule has 4 aromatic rings. The number of fused-ring (bicyclic) bond motifs is 1. The van der Waals surface area contributed by atoms with Crippen LogP contribution in [0.4, 0.5) is 5.69 Å². The van der Waals surface area contributed by atoms with Crippen molar-refractivity contribution in [2.45, 2.75) is 26.4 Å². The number of hydrogen-bond donors (Lipinski definition) is 1. The molecule has 162 valence electrons. The summed E-state index contributed by atoms with van der Waals surface area (Å²) in [5, 5.41) is 2.97. The van der Waals surface area contributed by atoms with Crippen molar-refractivity contribution in [3.8, 4) is 0 Å². The third kappa shape index (κ3) is 4.37. The maximum absolute atomic E-state index is 13.3. The maximum Gasteiger partial charge on any atom is 0.253 e. The predicted octanol–water partition coefficient (Wildman–Crippen LogP) is 3.98. The molecule has 1 unspecified atom stereocenters. The number of aromatic nitrogens is 3. The van der Waals surface area contributed by atoms with E-state index < -0.39 is 6.04 Å². The van der Waals surface area contributed by atoms with Crippen LogP contribution in [0.3, 0.4) is 0 Å². The summed E-state index contributed by atoms with van der Waals surface area (Å²) in [7, 11) is 0. The number of anilines is 1. The lowest BCUT2D eigenvalue weighted by atomic mass is 10.2. The van der Waals surface area contributed by atoms with Gasteiger partial charge in [-0.1, -0.05) is 30.3 Å². The van der Waals surface area contributed by atoms with E-state index in [2.05, 4.69) is 10.3 Å². The molecule has 0 spiro atoms. The van der Waals surface area contributed by atoms with Gasteiger partial charge in [-0.15, -0.1) is 0 Å². The van der Waals surface area contributed by atoms with Crippen molar-refractivity contribution in [1.82, 2.24) is 19.9 Å². The first-order chi connectivity index (χ1) is 15.6. The van der Waals surface area contributed by atoms with E-state index in [0.717, 1.165) is 16.7 Å². The van der Waals surface area contributed by atoms with E-state index in [0.29, 0.717) is 17.9 Å². The predicted molar refractivity (Wildman–Crippen MR) is 124 cm³/mol. The zero-order chi connectivity index (χ0) is 22.5. The average molecular weight is 428 g/mol. The van der Waals surface area contributed by atoms with Gasteiger partial charge in [0.15, 0.2) is 0 Å². The normalized spacial score (nSPS) is 11.8. The zero-order valence-electron chi connectivity index (χ0n) is 18.1. The minimum absolute atomic E-state index is 0.0473. The minimum Gasteiger partial charge on any atom is -0.342 e. The van der Waals surface area contributed by atoms with Crippen molar-refractivity contribution < 1.29 is 9.59 Å². The van der Waals surface area contributed by atoms with E-state index in [1.54, 1.807) is 23.2 Å². The molecule has 7 heteroatoms. The molecule has 2 heterocycles. The van der Waals surface area contributed by atoms with Gasteiger partial charge in [0.05, 0.1) is 22.6 Å². The number of hydrogen-bond acceptors (Lipinski definition) is 4. The van der Waals surface area contributed by atoms with Gasteiger partial charge >= 0.3 is 0 Å². The Kier molecular flexibility index (Phi) is 6.26. The number of benzene rings is 2. The number of carbonyl (C=O) groups excluding carboxylic acids is 2. The Morgan fingerprint density at radius 1 is 1.03 bits per heavy atom. The topological polar surface area (TPSA) is 80.1 Å². The lowest BCUT2D eigenvalue weighted by Gasteiger charge is -2.23. The van der Waals surface area contributed by atoms with E-state index >= 15 is 0 Å². The first kappa shape index (κ1) is 21.2. The Bertz CT molecular complexity index is 1220. The molecule has 2 aromatic heterocycles. The van der Waals surface area contributed by atoms with E-state index in [-0.39, 0.29) is 18.4 Å². The minimum atomic E-state index is -0.408. The van der Waals surface area contributed by atoms with Gasteiger partial charge in [-0.25, -0.2) is 4.98 Å². The van der Waals surface area contributed by atoms with Gasteiger partial charge in [-0.3, -0.25) is 14.6 Å². The summed E-state index contributed by atoms with van der Waals surface area (Å²) >= 11 is 0. The highest BCUT2D eigenvalue weighted by atomic mass is 16.2. The zero-order valence-corrected chi connectivity index (χ0v) is 18.1. The molecule has 32 heavy (non-hydrogen) atoms. The van der Waals surface area contributed by atoms with Crippen molar-refractivity contribution in [2.24, 2.45) is 0 Å². The molecular formula is C25H25N5O2. The van der Waals surface area contributed by atoms with Crippen LogP contribution in [0.15, 0.2) is 79.1 Å². The molecule has 0 aliphatic rings. The van der Waals surface area contributed by atoms with Crippen LogP contribution in [0.5, 0.6) is 0 Å². The highest BCUT2D eigenvalue weighted by Crippen LogP contribution is 2.22. The highest BCUT2D eigenvalue weighted by molar-refractivity contribution is 5.95. The number of carbonyl (C=O) groups is 2. The van der Waals surface area contributed by atoms with Crippen LogP contribution in [-0.4, -0.2) is 32.9 Å². The Balaban J connectivity index is 1.64. The largest absolute Gasteiger partial charge is 0.342 e. The second-order valence-corrected chi connectivity index (χ2v) is 7.46. The van der Waals surface area contributed by atoms with Crippen LogP contribution < -0.4 is 10.2 Å². The smallest absolute Gasteiger partial charge is 0.253 e.